The summed E-state index contributed by atoms with van der Waals surface area (Å²) in [5.74, 6) is -0.0140. The van der Waals surface area contributed by atoms with Crippen molar-refractivity contribution >= 4 is 21.6 Å². The summed E-state index contributed by atoms with van der Waals surface area (Å²) in [6.07, 6.45) is 6.15. The van der Waals surface area contributed by atoms with E-state index in [1.807, 2.05) is 48.3 Å². The van der Waals surface area contributed by atoms with Crippen LogP contribution >= 0.6 is 15.9 Å². The number of nitrogens with zero attached hydrogens (tertiary/aromatic N) is 1. The Bertz CT molecular complexity index is 718. The highest BCUT2D eigenvalue weighted by Gasteiger charge is 2.21. The molecule has 0 fully saturated rings. The summed E-state index contributed by atoms with van der Waals surface area (Å²) >= 11 is 3.54. The van der Waals surface area contributed by atoms with Crippen LogP contribution in [0.15, 0.2) is 53.5 Å². The third-order valence-corrected chi connectivity index (χ3v) is 4.90. The third-order valence-electron chi connectivity index (χ3n) is 4.27. The normalized spacial score (nSPS) is 10.6. The molecule has 2 rings (SSSR count). The van der Waals surface area contributed by atoms with Crippen LogP contribution in [-0.4, -0.2) is 20.2 Å². The second-order valence-corrected chi connectivity index (χ2v) is 7.19. The van der Waals surface area contributed by atoms with Gasteiger partial charge in [-0.25, -0.2) is 4.39 Å². The van der Waals surface area contributed by atoms with Gasteiger partial charge in [-0.05, 0) is 34.0 Å². The molecule has 26 heavy (non-hydrogen) atoms. The molecule has 0 N–H and O–H groups in total. The summed E-state index contributed by atoms with van der Waals surface area (Å²) < 4.78 is 22.1. The van der Waals surface area contributed by atoms with E-state index in [0.717, 1.165) is 30.5 Å². The Kier molecular flexibility index (Phi) is 8.17. The first-order chi connectivity index (χ1) is 12.6. The zero-order valence-corrected chi connectivity index (χ0v) is 17.2. The van der Waals surface area contributed by atoms with Gasteiger partial charge in [0, 0.05) is 23.6 Å². The number of halogens is 2. The molecule has 0 aliphatic carbocycles. The number of anilines is 1. The Hall–Kier alpha value is -1.81. The SMILES string of the molecule is C=CCN(C)c1cc(Br)c(-c2ccccc2)c(F)c1OCCCCCC. The highest BCUT2D eigenvalue weighted by Crippen LogP contribution is 2.42. The Morgan fingerprint density at radius 3 is 2.58 bits per heavy atom. The van der Waals surface area contributed by atoms with E-state index in [0.29, 0.717) is 28.9 Å². The minimum atomic E-state index is -0.327. The average Bonchev–Trinajstić information content (AvgIpc) is 2.64. The lowest BCUT2D eigenvalue weighted by Crippen LogP contribution is -2.19. The summed E-state index contributed by atoms with van der Waals surface area (Å²) in [5, 5.41) is 0. The Morgan fingerprint density at radius 2 is 1.92 bits per heavy atom. The van der Waals surface area contributed by atoms with Crippen molar-refractivity contribution < 1.29 is 9.13 Å². The highest BCUT2D eigenvalue weighted by atomic mass is 79.9. The molecule has 0 amide bonds. The minimum absolute atomic E-state index is 0.313. The standard InChI is InChI=1S/C22H27BrFNO/c1-4-6-7-11-15-26-22-19(25(3)14-5-2)16-18(23)20(21(22)24)17-12-9-8-10-13-17/h5,8-10,12-13,16H,2,4,6-7,11,14-15H2,1,3H3. The van der Waals surface area contributed by atoms with Gasteiger partial charge in [-0.3, -0.25) is 0 Å². The van der Waals surface area contributed by atoms with Gasteiger partial charge in [0.2, 0.25) is 0 Å². The molecule has 0 aromatic heterocycles. The van der Waals surface area contributed by atoms with E-state index in [1.54, 1.807) is 6.08 Å². The molecule has 0 saturated heterocycles. The molecule has 0 aliphatic heterocycles. The predicted octanol–water partition coefficient (Wildman–Crippen LogP) is 6.84. The molecule has 0 unspecified atom stereocenters. The van der Waals surface area contributed by atoms with Crippen LogP contribution in [0.5, 0.6) is 5.75 Å². The van der Waals surface area contributed by atoms with Gasteiger partial charge in [0.25, 0.3) is 0 Å². The first-order valence-corrected chi connectivity index (χ1v) is 9.91. The number of benzene rings is 2. The summed E-state index contributed by atoms with van der Waals surface area (Å²) in [5.41, 5.74) is 2.08. The van der Waals surface area contributed by atoms with Gasteiger partial charge < -0.3 is 9.64 Å². The molecule has 2 aromatic rings. The molecular weight excluding hydrogens is 393 g/mol. The van der Waals surface area contributed by atoms with E-state index in [2.05, 4.69) is 29.4 Å². The largest absolute Gasteiger partial charge is 0.488 e. The van der Waals surface area contributed by atoms with Gasteiger partial charge >= 0.3 is 0 Å². The maximum Gasteiger partial charge on any atom is 0.178 e. The second-order valence-electron chi connectivity index (χ2n) is 6.34. The predicted molar refractivity (Wildman–Crippen MR) is 113 cm³/mol. The lowest BCUT2D eigenvalue weighted by molar-refractivity contribution is 0.291. The van der Waals surface area contributed by atoms with Crippen LogP contribution < -0.4 is 9.64 Å². The molecule has 0 atom stereocenters. The van der Waals surface area contributed by atoms with Crippen LogP contribution in [0.3, 0.4) is 0 Å². The third kappa shape index (κ3) is 5.10. The molecule has 0 spiro atoms. The van der Waals surface area contributed by atoms with Crippen LogP contribution in [0.4, 0.5) is 10.1 Å². The maximum atomic E-state index is 15.4. The molecule has 0 radical (unpaired) electrons. The van der Waals surface area contributed by atoms with Crippen molar-refractivity contribution in [3.63, 3.8) is 0 Å². The summed E-state index contributed by atoms with van der Waals surface area (Å²) in [7, 11) is 1.91. The van der Waals surface area contributed by atoms with Crippen molar-refractivity contribution in [2.45, 2.75) is 32.6 Å². The van der Waals surface area contributed by atoms with Crippen LogP contribution in [0.2, 0.25) is 0 Å². The van der Waals surface area contributed by atoms with E-state index in [-0.39, 0.29) is 5.82 Å². The second kappa shape index (κ2) is 10.4. The zero-order chi connectivity index (χ0) is 18.9. The molecule has 4 heteroatoms. The molecule has 140 valence electrons. The van der Waals surface area contributed by atoms with E-state index >= 15 is 4.39 Å². The van der Waals surface area contributed by atoms with Crippen LogP contribution in [0.1, 0.15) is 32.6 Å². The zero-order valence-electron chi connectivity index (χ0n) is 15.6. The van der Waals surface area contributed by atoms with Crippen molar-refractivity contribution in [3.05, 3.63) is 59.3 Å². The monoisotopic (exact) mass is 419 g/mol. The fourth-order valence-corrected chi connectivity index (χ4v) is 3.49. The number of unbranched alkanes of at least 4 members (excludes halogenated alkanes) is 3. The Morgan fingerprint density at radius 1 is 1.19 bits per heavy atom. The summed E-state index contributed by atoms with van der Waals surface area (Å²) in [4.78, 5) is 1.94. The van der Waals surface area contributed by atoms with Crippen molar-refractivity contribution in [2.75, 3.05) is 25.1 Å². The molecule has 2 nitrogen and oxygen atoms in total. The van der Waals surface area contributed by atoms with Crippen LogP contribution in [-0.2, 0) is 0 Å². The Labute approximate surface area is 164 Å². The molecule has 0 bridgehead atoms. The van der Waals surface area contributed by atoms with E-state index in [4.69, 9.17) is 4.74 Å². The van der Waals surface area contributed by atoms with Gasteiger partial charge in [-0.15, -0.1) is 6.58 Å². The first-order valence-electron chi connectivity index (χ1n) is 9.12. The fourth-order valence-electron chi connectivity index (χ4n) is 2.87. The Balaban J connectivity index is 2.40. The molecule has 2 aromatic carbocycles. The van der Waals surface area contributed by atoms with Crippen LogP contribution in [0, 0.1) is 5.82 Å². The minimum Gasteiger partial charge on any atom is -0.488 e. The number of ether oxygens (including phenoxy) is 1. The molecular formula is C22H27BrFNO. The van der Waals surface area contributed by atoms with E-state index < -0.39 is 0 Å². The van der Waals surface area contributed by atoms with Gasteiger partial charge in [-0.1, -0.05) is 62.6 Å². The van der Waals surface area contributed by atoms with Gasteiger partial charge in [0.15, 0.2) is 11.6 Å². The lowest BCUT2D eigenvalue weighted by atomic mass is 10.0. The van der Waals surface area contributed by atoms with Crippen molar-refractivity contribution in [1.82, 2.24) is 0 Å². The van der Waals surface area contributed by atoms with E-state index in [1.165, 1.54) is 6.42 Å². The number of rotatable bonds is 10. The fraction of sp³-hybridized carbons (Fsp3) is 0.364. The van der Waals surface area contributed by atoms with Gasteiger partial charge in [-0.2, -0.15) is 0 Å². The van der Waals surface area contributed by atoms with Gasteiger partial charge in [0.1, 0.15) is 0 Å². The number of likely N-dealkylation sites (N-methyl/N-ethyl adjacent to an activating group) is 1. The highest BCUT2D eigenvalue weighted by molar-refractivity contribution is 9.10. The first kappa shape index (κ1) is 20.5. The molecule has 0 aliphatic rings. The molecule has 0 heterocycles. The topological polar surface area (TPSA) is 12.5 Å². The summed E-state index contributed by atoms with van der Waals surface area (Å²) in [6, 6.07) is 11.5. The average molecular weight is 420 g/mol. The number of hydrogen-bond acceptors (Lipinski definition) is 2. The lowest BCUT2D eigenvalue weighted by Gasteiger charge is -2.23. The molecule has 0 saturated carbocycles. The summed E-state index contributed by atoms with van der Waals surface area (Å²) in [6.45, 7) is 7.07. The van der Waals surface area contributed by atoms with Crippen molar-refractivity contribution in [2.24, 2.45) is 0 Å². The van der Waals surface area contributed by atoms with Crippen molar-refractivity contribution in [1.29, 1.82) is 0 Å². The van der Waals surface area contributed by atoms with Gasteiger partial charge in [0.05, 0.1) is 12.3 Å². The number of hydrogen-bond donors (Lipinski definition) is 0. The van der Waals surface area contributed by atoms with E-state index in [9.17, 15) is 0 Å². The van der Waals surface area contributed by atoms with Crippen LogP contribution in [0.25, 0.3) is 11.1 Å². The smallest absolute Gasteiger partial charge is 0.178 e. The maximum absolute atomic E-state index is 15.4. The van der Waals surface area contributed by atoms with Crippen molar-refractivity contribution in [3.8, 4) is 16.9 Å². The quantitative estimate of drug-likeness (QED) is 0.308.